The predicted octanol–water partition coefficient (Wildman–Crippen LogP) is 3.15. The molecule has 0 aliphatic carbocycles. The first-order chi connectivity index (χ1) is 19.1. The van der Waals surface area contributed by atoms with Crippen LogP contribution in [-0.4, -0.2) is 66.7 Å². The zero-order valence-corrected chi connectivity index (χ0v) is 21.3. The number of piperazine rings is 1. The van der Waals surface area contributed by atoms with E-state index in [0.717, 1.165) is 59.1 Å². The molecule has 0 bridgehead atoms. The molecule has 14 heteroatoms. The van der Waals surface area contributed by atoms with E-state index < -0.39 is 17.5 Å². The Hall–Kier alpha value is -4.59. The summed E-state index contributed by atoms with van der Waals surface area (Å²) in [7, 11) is 1.86. The van der Waals surface area contributed by atoms with Crippen molar-refractivity contribution in [2.75, 3.05) is 36.0 Å². The summed E-state index contributed by atoms with van der Waals surface area (Å²) in [6.45, 7) is 2.22. The molecule has 1 atom stereocenters. The number of hydrogen-bond donors (Lipinski definition) is 1. The maximum atomic E-state index is 14.1. The summed E-state index contributed by atoms with van der Waals surface area (Å²) in [6, 6.07) is 5.93. The summed E-state index contributed by atoms with van der Waals surface area (Å²) in [6.07, 6.45) is 4.45. The van der Waals surface area contributed by atoms with Crippen LogP contribution in [-0.2, 0) is 12.6 Å². The molecule has 1 aliphatic rings. The highest BCUT2D eigenvalue weighted by Crippen LogP contribution is 2.42. The van der Waals surface area contributed by atoms with E-state index in [1.165, 1.54) is 6.33 Å². The summed E-state index contributed by atoms with van der Waals surface area (Å²) < 4.78 is 59.3. The van der Waals surface area contributed by atoms with Crippen LogP contribution in [0.15, 0.2) is 67.6 Å². The fourth-order valence-corrected chi connectivity index (χ4v) is 4.90. The molecule has 6 rings (SSSR count). The molecule has 5 heterocycles. The fraction of sp³-hybridized carbons (Fsp3) is 0.269. The van der Waals surface area contributed by atoms with E-state index in [0.29, 0.717) is 32.1 Å². The van der Waals surface area contributed by atoms with Gasteiger partial charge in [0.2, 0.25) is 5.95 Å². The van der Waals surface area contributed by atoms with Gasteiger partial charge in [-0.2, -0.15) is 23.4 Å². The van der Waals surface area contributed by atoms with Gasteiger partial charge >= 0.3 is 6.18 Å². The maximum absolute atomic E-state index is 14.1. The van der Waals surface area contributed by atoms with Crippen LogP contribution in [0, 0.1) is 5.82 Å². The number of benzene rings is 1. The number of alkyl halides is 3. The van der Waals surface area contributed by atoms with Gasteiger partial charge in [-0.1, -0.05) is 12.1 Å². The van der Waals surface area contributed by atoms with Gasteiger partial charge in [0.15, 0.2) is 11.4 Å². The van der Waals surface area contributed by atoms with Crippen molar-refractivity contribution in [1.29, 1.82) is 0 Å². The Kier molecular flexibility index (Phi) is 6.13. The lowest BCUT2D eigenvalue weighted by Gasteiger charge is -2.36. The third-order valence-electron chi connectivity index (χ3n) is 7.13. The fourth-order valence-electron chi connectivity index (χ4n) is 4.90. The largest absolute Gasteiger partial charge is 0.414 e. The zero-order chi connectivity index (χ0) is 28.1. The Labute approximate surface area is 225 Å². The van der Waals surface area contributed by atoms with Crippen LogP contribution in [0.2, 0.25) is 0 Å². The highest BCUT2D eigenvalue weighted by atomic mass is 19.4. The summed E-state index contributed by atoms with van der Waals surface area (Å²) >= 11 is 0. The molecule has 1 aromatic carbocycles. The number of hydrogen-bond acceptors (Lipinski definition) is 8. The average Bonchev–Trinajstić information content (AvgIpc) is 3.59. The normalized spacial score (nSPS) is 15.9. The molecule has 0 unspecified atom stereocenters. The molecule has 5 aromatic rings. The quantitative estimate of drug-likeness (QED) is 0.332. The summed E-state index contributed by atoms with van der Waals surface area (Å²) in [5.74, 6) is 0.410. The van der Waals surface area contributed by atoms with Crippen molar-refractivity contribution in [2.45, 2.75) is 11.7 Å². The van der Waals surface area contributed by atoms with Crippen LogP contribution in [0.4, 0.5) is 29.3 Å². The third kappa shape index (κ3) is 4.39. The Morgan fingerprint density at radius 3 is 2.10 bits per heavy atom. The molecule has 0 radical (unpaired) electrons. The van der Waals surface area contributed by atoms with Crippen molar-refractivity contribution in [3.05, 3.63) is 84.6 Å². The van der Waals surface area contributed by atoms with Gasteiger partial charge in [-0.05, 0) is 23.8 Å². The Balaban J connectivity index is 1.20. The lowest BCUT2D eigenvalue weighted by molar-refractivity contribution is -0.177. The van der Waals surface area contributed by atoms with Gasteiger partial charge in [0, 0.05) is 74.7 Å². The molecule has 0 saturated carbocycles. The third-order valence-corrected chi connectivity index (χ3v) is 7.13. The SMILES string of the molecule is Cn1cc(-c2cc3c(N4CCN(c5ncc([C@@](N)(c6ccc(F)cc6)C(F)(F)F)cn5)CC4)ncnn3c2)cn1. The van der Waals surface area contributed by atoms with Crippen molar-refractivity contribution in [3.63, 3.8) is 0 Å². The molecule has 1 saturated heterocycles. The van der Waals surface area contributed by atoms with Gasteiger partial charge in [-0.3, -0.25) is 4.68 Å². The number of anilines is 2. The van der Waals surface area contributed by atoms with Crippen molar-refractivity contribution >= 4 is 17.3 Å². The highest BCUT2D eigenvalue weighted by molar-refractivity contribution is 5.77. The van der Waals surface area contributed by atoms with E-state index in [4.69, 9.17) is 5.73 Å². The van der Waals surface area contributed by atoms with Gasteiger partial charge in [-0.15, -0.1) is 0 Å². The number of aromatic nitrogens is 7. The maximum Gasteiger partial charge on any atom is 0.414 e. The van der Waals surface area contributed by atoms with Crippen molar-refractivity contribution in [1.82, 2.24) is 34.3 Å². The van der Waals surface area contributed by atoms with Crippen molar-refractivity contribution < 1.29 is 17.6 Å². The Morgan fingerprint density at radius 2 is 1.48 bits per heavy atom. The summed E-state index contributed by atoms with van der Waals surface area (Å²) in [4.78, 5) is 17.0. The molecule has 0 spiro atoms. The van der Waals surface area contributed by atoms with Crippen LogP contribution in [0.5, 0.6) is 0 Å². The second-order valence-electron chi connectivity index (χ2n) is 9.60. The first-order valence-electron chi connectivity index (χ1n) is 12.4. The molecule has 2 N–H and O–H groups in total. The van der Waals surface area contributed by atoms with Crippen molar-refractivity contribution in [3.8, 4) is 11.1 Å². The predicted molar refractivity (Wildman–Crippen MR) is 139 cm³/mol. The minimum Gasteiger partial charge on any atom is -0.351 e. The smallest absolute Gasteiger partial charge is 0.351 e. The number of rotatable bonds is 5. The number of halogens is 4. The van der Waals surface area contributed by atoms with E-state index in [9.17, 15) is 17.6 Å². The lowest BCUT2D eigenvalue weighted by Crippen LogP contribution is -2.51. The molecule has 0 amide bonds. The van der Waals surface area contributed by atoms with Crippen LogP contribution in [0.25, 0.3) is 16.6 Å². The molecule has 1 fully saturated rings. The molecule has 4 aromatic heterocycles. The monoisotopic (exact) mass is 552 g/mol. The van der Waals surface area contributed by atoms with Gasteiger partial charge in [-0.25, -0.2) is 23.9 Å². The second-order valence-corrected chi connectivity index (χ2v) is 9.60. The molecule has 206 valence electrons. The van der Waals surface area contributed by atoms with Crippen LogP contribution >= 0.6 is 0 Å². The first kappa shape index (κ1) is 25.7. The summed E-state index contributed by atoms with van der Waals surface area (Å²) in [5, 5.41) is 8.57. The van der Waals surface area contributed by atoms with E-state index in [-0.39, 0.29) is 11.1 Å². The van der Waals surface area contributed by atoms with E-state index >= 15 is 0 Å². The highest BCUT2D eigenvalue weighted by Gasteiger charge is 2.55. The minimum atomic E-state index is -4.86. The lowest BCUT2D eigenvalue weighted by atomic mass is 9.84. The van der Waals surface area contributed by atoms with E-state index in [1.54, 1.807) is 15.4 Å². The molecular formula is C26H24F4N10. The molecule has 1 aliphatic heterocycles. The van der Waals surface area contributed by atoms with Crippen LogP contribution in [0.1, 0.15) is 11.1 Å². The molecular weight excluding hydrogens is 528 g/mol. The zero-order valence-electron chi connectivity index (χ0n) is 21.3. The number of aryl methyl sites for hydroxylation is 1. The Morgan fingerprint density at radius 1 is 0.800 bits per heavy atom. The second kappa shape index (κ2) is 9.55. The van der Waals surface area contributed by atoms with Gasteiger partial charge < -0.3 is 15.5 Å². The van der Waals surface area contributed by atoms with Gasteiger partial charge in [0.1, 0.15) is 17.7 Å². The molecule has 40 heavy (non-hydrogen) atoms. The van der Waals surface area contributed by atoms with Gasteiger partial charge in [0.05, 0.1) is 6.20 Å². The number of fused-ring (bicyclic) bond motifs is 1. The van der Waals surface area contributed by atoms with Crippen molar-refractivity contribution in [2.24, 2.45) is 12.8 Å². The van der Waals surface area contributed by atoms with Crippen LogP contribution in [0.3, 0.4) is 0 Å². The first-order valence-corrected chi connectivity index (χ1v) is 12.4. The topological polar surface area (TPSA) is 106 Å². The van der Waals surface area contributed by atoms with Crippen LogP contribution < -0.4 is 15.5 Å². The number of nitrogens with zero attached hydrogens (tertiary/aromatic N) is 9. The number of nitrogens with two attached hydrogens (primary N) is 1. The average molecular weight is 553 g/mol. The van der Waals surface area contributed by atoms with E-state index in [1.807, 2.05) is 30.4 Å². The standard InChI is InChI=1S/C26H24F4N10/c1-37-14-18(11-35-37)17-10-22-23(34-16-36-40(22)15-17)38-6-8-39(9-7-38)24-32-12-20(13-33-24)25(31,26(28,29)30)19-2-4-21(27)5-3-19/h2-5,10-16H,6-9,31H2,1H3/t25-/m0/s1. The molecule has 10 nitrogen and oxygen atoms in total. The summed E-state index contributed by atoms with van der Waals surface area (Å²) in [5.41, 5.74) is 5.16. The van der Waals surface area contributed by atoms with E-state index in [2.05, 4.69) is 30.0 Å². The van der Waals surface area contributed by atoms with Gasteiger partial charge in [0.25, 0.3) is 0 Å². The Bertz CT molecular complexity index is 1640. The minimum absolute atomic E-state index is 0.293.